The number of nitrogens with one attached hydrogen (secondary N) is 1. The van der Waals surface area contributed by atoms with Crippen LogP contribution in [0, 0.1) is 6.92 Å². The van der Waals surface area contributed by atoms with Gasteiger partial charge in [0, 0.05) is 21.7 Å². The van der Waals surface area contributed by atoms with Crippen molar-refractivity contribution in [1.29, 1.82) is 0 Å². The van der Waals surface area contributed by atoms with Gasteiger partial charge in [-0.2, -0.15) is 13.2 Å². The summed E-state index contributed by atoms with van der Waals surface area (Å²) in [6.07, 6.45) is -4.42. The van der Waals surface area contributed by atoms with Crippen LogP contribution in [0.4, 0.5) is 18.9 Å². The number of fused-ring (bicyclic) bond motifs is 1. The van der Waals surface area contributed by atoms with Crippen LogP contribution in [0.2, 0.25) is 5.02 Å². The third-order valence-electron chi connectivity index (χ3n) is 3.57. The number of halogens is 4. The topological polar surface area (TPSA) is 42.2 Å². The van der Waals surface area contributed by atoms with E-state index in [2.05, 4.69) is 5.32 Å². The summed E-state index contributed by atoms with van der Waals surface area (Å²) in [5.41, 5.74) is 0.576. The van der Waals surface area contributed by atoms with Gasteiger partial charge in [0.1, 0.15) is 5.58 Å². The van der Waals surface area contributed by atoms with Crippen molar-refractivity contribution in [3.8, 4) is 0 Å². The number of benzene rings is 2. The Kier molecular flexibility index (Phi) is 4.01. The van der Waals surface area contributed by atoms with E-state index in [9.17, 15) is 18.0 Å². The van der Waals surface area contributed by atoms with Crippen molar-refractivity contribution in [2.24, 2.45) is 0 Å². The van der Waals surface area contributed by atoms with E-state index in [1.165, 1.54) is 12.1 Å². The third kappa shape index (κ3) is 3.10. The van der Waals surface area contributed by atoms with Crippen LogP contribution in [0.5, 0.6) is 0 Å². The SMILES string of the molecule is Cc1c(C(=O)Nc2ccc(C(F)(F)F)cc2)oc2ccc(Cl)cc12. The summed E-state index contributed by atoms with van der Waals surface area (Å²) in [5.74, 6) is -0.452. The van der Waals surface area contributed by atoms with Gasteiger partial charge in [-0.15, -0.1) is 0 Å². The summed E-state index contributed by atoms with van der Waals surface area (Å²) in [4.78, 5) is 12.3. The van der Waals surface area contributed by atoms with Crippen molar-refractivity contribution >= 4 is 34.2 Å². The normalized spacial score (nSPS) is 11.7. The van der Waals surface area contributed by atoms with Gasteiger partial charge in [0.25, 0.3) is 5.91 Å². The lowest BCUT2D eigenvalue weighted by atomic mass is 10.1. The fourth-order valence-electron chi connectivity index (χ4n) is 2.34. The molecular weight excluding hydrogens is 343 g/mol. The fraction of sp³-hybridized carbons (Fsp3) is 0.118. The molecule has 1 aromatic heterocycles. The zero-order valence-corrected chi connectivity index (χ0v) is 13.1. The van der Waals surface area contributed by atoms with E-state index in [4.69, 9.17) is 16.0 Å². The quantitative estimate of drug-likeness (QED) is 0.645. The summed E-state index contributed by atoms with van der Waals surface area (Å²) in [6.45, 7) is 1.71. The number of hydrogen-bond acceptors (Lipinski definition) is 2. The van der Waals surface area contributed by atoms with E-state index in [1.54, 1.807) is 25.1 Å². The second kappa shape index (κ2) is 5.87. The van der Waals surface area contributed by atoms with Crippen LogP contribution in [-0.2, 0) is 6.18 Å². The zero-order valence-electron chi connectivity index (χ0n) is 12.4. The molecular formula is C17H11ClF3NO2. The molecule has 0 radical (unpaired) electrons. The number of anilines is 1. The van der Waals surface area contributed by atoms with Gasteiger partial charge in [0.15, 0.2) is 5.76 Å². The maximum Gasteiger partial charge on any atom is 0.416 e. The van der Waals surface area contributed by atoms with Crippen LogP contribution in [0.15, 0.2) is 46.9 Å². The van der Waals surface area contributed by atoms with Crippen LogP contribution >= 0.6 is 11.6 Å². The van der Waals surface area contributed by atoms with Gasteiger partial charge >= 0.3 is 6.18 Å². The van der Waals surface area contributed by atoms with Crippen molar-refractivity contribution < 1.29 is 22.4 Å². The Bertz CT molecular complexity index is 914. The number of furan rings is 1. The lowest BCUT2D eigenvalue weighted by Gasteiger charge is -2.08. The average molecular weight is 354 g/mol. The van der Waals surface area contributed by atoms with Crippen molar-refractivity contribution in [3.05, 3.63) is 64.4 Å². The molecule has 3 nitrogen and oxygen atoms in total. The maximum atomic E-state index is 12.5. The zero-order chi connectivity index (χ0) is 17.5. The minimum atomic E-state index is -4.42. The Hall–Kier alpha value is -2.47. The highest BCUT2D eigenvalue weighted by Gasteiger charge is 2.30. The summed E-state index contributed by atoms with van der Waals surface area (Å²) in [7, 11) is 0. The molecule has 2 aromatic carbocycles. The van der Waals surface area contributed by atoms with E-state index in [-0.39, 0.29) is 11.4 Å². The summed E-state index contributed by atoms with van der Waals surface area (Å²) >= 11 is 5.93. The first-order chi connectivity index (χ1) is 11.3. The Morgan fingerprint density at radius 3 is 2.42 bits per heavy atom. The molecule has 0 spiro atoms. The summed E-state index contributed by atoms with van der Waals surface area (Å²) in [5, 5.41) is 3.74. The Balaban J connectivity index is 1.86. The first kappa shape index (κ1) is 16.4. The Morgan fingerprint density at radius 1 is 1.12 bits per heavy atom. The van der Waals surface area contributed by atoms with E-state index >= 15 is 0 Å². The predicted octanol–water partition coefficient (Wildman–Crippen LogP) is 5.67. The molecule has 24 heavy (non-hydrogen) atoms. The first-order valence-corrected chi connectivity index (χ1v) is 7.31. The van der Waals surface area contributed by atoms with Crippen LogP contribution in [0.3, 0.4) is 0 Å². The number of amides is 1. The van der Waals surface area contributed by atoms with Gasteiger partial charge in [-0.3, -0.25) is 4.79 Å². The van der Waals surface area contributed by atoms with Crippen LogP contribution < -0.4 is 5.32 Å². The second-order valence-electron chi connectivity index (χ2n) is 5.23. The first-order valence-electron chi connectivity index (χ1n) is 6.93. The van der Waals surface area contributed by atoms with E-state index < -0.39 is 17.6 Å². The van der Waals surface area contributed by atoms with Crippen LogP contribution in [-0.4, -0.2) is 5.91 Å². The largest absolute Gasteiger partial charge is 0.451 e. The molecule has 0 saturated heterocycles. The summed E-state index contributed by atoms with van der Waals surface area (Å²) < 4.78 is 43.1. The van der Waals surface area contributed by atoms with Gasteiger partial charge in [-0.05, 0) is 49.4 Å². The average Bonchev–Trinajstić information content (AvgIpc) is 2.84. The molecule has 0 aliphatic carbocycles. The van der Waals surface area contributed by atoms with Crippen molar-refractivity contribution in [3.63, 3.8) is 0 Å². The fourth-order valence-corrected chi connectivity index (χ4v) is 2.51. The number of carbonyl (C=O) groups excluding carboxylic acids is 1. The predicted molar refractivity (Wildman–Crippen MR) is 85.4 cm³/mol. The molecule has 7 heteroatoms. The number of hydrogen-bond donors (Lipinski definition) is 1. The number of aryl methyl sites for hydroxylation is 1. The number of carbonyl (C=O) groups is 1. The molecule has 3 rings (SSSR count). The van der Waals surface area contributed by atoms with Crippen molar-refractivity contribution in [2.75, 3.05) is 5.32 Å². The van der Waals surface area contributed by atoms with Crippen molar-refractivity contribution in [2.45, 2.75) is 13.1 Å². The molecule has 0 aliphatic heterocycles. The van der Waals surface area contributed by atoms with Gasteiger partial charge in [0.05, 0.1) is 5.56 Å². The summed E-state index contributed by atoms with van der Waals surface area (Å²) in [6, 6.07) is 9.17. The van der Waals surface area contributed by atoms with Crippen LogP contribution in [0.1, 0.15) is 21.7 Å². The maximum absolute atomic E-state index is 12.5. The third-order valence-corrected chi connectivity index (χ3v) is 3.81. The number of rotatable bonds is 2. The molecule has 1 heterocycles. The Labute approximate surface area is 140 Å². The highest BCUT2D eigenvalue weighted by Crippen LogP contribution is 2.31. The molecule has 3 aromatic rings. The van der Waals surface area contributed by atoms with Crippen LogP contribution in [0.25, 0.3) is 11.0 Å². The molecule has 124 valence electrons. The minimum Gasteiger partial charge on any atom is -0.451 e. The molecule has 1 N–H and O–H groups in total. The lowest BCUT2D eigenvalue weighted by molar-refractivity contribution is -0.137. The van der Waals surface area contributed by atoms with E-state index in [1.807, 2.05) is 0 Å². The highest BCUT2D eigenvalue weighted by atomic mass is 35.5. The molecule has 0 unspecified atom stereocenters. The monoisotopic (exact) mass is 353 g/mol. The van der Waals surface area contributed by atoms with E-state index in [0.717, 1.165) is 12.1 Å². The minimum absolute atomic E-state index is 0.0900. The molecule has 0 aliphatic rings. The second-order valence-corrected chi connectivity index (χ2v) is 5.66. The van der Waals surface area contributed by atoms with Crippen molar-refractivity contribution in [1.82, 2.24) is 0 Å². The standard InChI is InChI=1S/C17H11ClF3NO2/c1-9-13-8-11(18)4-7-14(13)24-15(9)16(23)22-12-5-2-10(3-6-12)17(19,20)21/h2-8H,1H3,(H,22,23). The van der Waals surface area contributed by atoms with Gasteiger partial charge < -0.3 is 9.73 Å². The Morgan fingerprint density at radius 2 is 1.79 bits per heavy atom. The smallest absolute Gasteiger partial charge is 0.416 e. The molecule has 0 fully saturated rings. The van der Waals surface area contributed by atoms with E-state index in [0.29, 0.717) is 21.6 Å². The molecule has 0 atom stereocenters. The lowest BCUT2D eigenvalue weighted by Crippen LogP contribution is -2.12. The molecule has 1 amide bonds. The van der Waals surface area contributed by atoms with Gasteiger partial charge in [-0.25, -0.2) is 0 Å². The van der Waals surface area contributed by atoms with Gasteiger partial charge in [0.2, 0.25) is 0 Å². The molecule has 0 saturated carbocycles. The molecule has 0 bridgehead atoms. The number of alkyl halides is 3. The van der Waals surface area contributed by atoms with Gasteiger partial charge in [-0.1, -0.05) is 11.6 Å². The highest BCUT2D eigenvalue weighted by molar-refractivity contribution is 6.31.